The van der Waals surface area contributed by atoms with E-state index >= 15 is 0 Å². The lowest BCUT2D eigenvalue weighted by Gasteiger charge is -2.22. The van der Waals surface area contributed by atoms with Crippen LogP contribution >= 0.6 is 0 Å². The van der Waals surface area contributed by atoms with E-state index in [1.807, 2.05) is 6.92 Å². The summed E-state index contributed by atoms with van der Waals surface area (Å²) < 4.78 is 25.1. The summed E-state index contributed by atoms with van der Waals surface area (Å²) in [7, 11) is 0. The highest BCUT2D eigenvalue weighted by atomic mass is 19.3. The van der Waals surface area contributed by atoms with E-state index in [2.05, 4.69) is 9.97 Å². The number of hydrogen-bond acceptors (Lipinski definition) is 3. The molecular formula is C9H13F2N3O2. The molecule has 1 aromatic heterocycles. The Morgan fingerprint density at radius 1 is 1.75 bits per heavy atom. The number of aryl methyl sites for hydroxylation is 1. The van der Waals surface area contributed by atoms with Gasteiger partial charge in [0, 0.05) is 18.3 Å². The lowest BCUT2D eigenvalue weighted by atomic mass is 9.97. The second kappa shape index (κ2) is 4.56. The number of carboxylic acid groups (broad SMARTS) is 1. The Kier molecular flexibility index (Phi) is 3.58. The van der Waals surface area contributed by atoms with E-state index < -0.39 is 24.4 Å². The fraction of sp³-hybridized carbons (Fsp3) is 0.556. The van der Waals surface area contributed by atoms with Gasteiger partial charge >= 0.3 is 5.97 Å². The zero-order valence-corrected chi connectivity index (χ0v) is 8.70. The number of carbonyl (C=O) groups is 1. The number of nitrogens with zero attached hydrogens (tertiary/aromatic N) is 1. The summed E-state index contributed by atoms with van der Waals surface area (Å²) >= 11 is 0. The Morgan fingerprint density at radius 2 is 2.38 bits per heavy atom. The van der Waals surface area contributed by atoms with Crippen LogP contribution in [0.5, 0.6) is 0 Å². The first kappa shape index (κ1) is 12.6. The average molecular weight is 233 g/mol. The van der Waals surface area contributed by atoms with Crippen molar-refractivity contribution in [3.8, 4) is 0 Å². The largest absolute Gasteiger partial charge is 0.480 e. The zero-order valence-electron chi connectivity index (χ0n) is 8.70. The van der Waals surface area contributed by atoms with Crippen molar-refractivity contribution in [2.45, 2.75) is 31.7 Å². The minimum atomic E-state index is -3.15. The molecule has 0 aliphatic heterocycles. The van der Waals surface area contributed by atoms with Crippen molar-refractivity contribution < 1.29 is 18.7 Å². The van der Waals surface area contributed by atoms with E-state index in [9.17, 15) is 13.6 Å². The van der Waals surface area contributed by atoms with Crippen LogP contribution in [-0.2, 0) is 17.6 Å². The molecule has 0 aromatic carbocycles. The molecule has 0 bridgehead atoms. The third-order valence-corrected chi connectivity index (χ3v) is 2.31. The van der Waals surface area contributed by atoms with Crippen molar-refractivity contribution >= 4 is 5.97 Å². The molecule has 90 valence electrons. The zero-order chi connectivity index (χ0) is 12.3. The standard InChI is InChI=1S/C9H13F2N3O2/c1-2-5-4-13-6(14-5)3-9(12,7(10)11)8(15)16/h4,7H,2-3,12H2,1H3,(H,13,14)(H,15,16). The predicted octanol–water partition coefficient (Wildman–Crippen LogP) is 0.562. The summed E-state index contributed by atoms with van der Waals surface area (Å²) in [5.74, 6) is -1.58. The van der Waals surface area contributed by atoms with Crippen LogP contribution in [0, 0.1) is 0 Å². The molecule has 1 rings (SSSR count). The summed E-state index contributed by atoms with van der Waals surface area (Å²) in [5.41, 5.74) is 3.31. The lowest BCUT2D eigenvalue weighted by Crippen LogP contribution is -2.56. The predicted molar refractivity (Wildman–Crippen MR) is 52.2 cm³/mol. The third-order valence-electron chi connectivity index (χ3n) is 2.31. The lowest BCUT2D eigenvalue weighted by molar-refractivity contribution is -0.149. The van der Waals surface area contributed by atoms with Crippen molar-refractivity contribution in [3.63, 3.8) is 0 Å². The minimum absolute atomic E-state index is 0.155. The van der Waals surface area contributed by atoms with E-state index in [1.165, 1.54) is 6.20 Å². The smallest absolute Gasteiger partial charge is 0.330 e. The fourth-order valence-electron chi connectivity index (χ4n) is 1.20. The van der Waals surface area contributed by atoms with Crippen LogP contribution in [0.1, 0.15) is 18.4 Å². The highest BCUT2D eigenvalue weighted by Crippen LogP contribution is 2.18. The highest BCUT2D eigenvalue weighted by Gasteiger charge is 2.44. The molecule has 0 spiro atoms. The Labute approximate surface area is 90.7 Å². The van der Waals surface area contributed by atoms with Crippen molar-refractivity contribution in [3.05, 3.63) is 17.7 Å². The van der Waals surface area contributed by atoms with Crippen molar-refractivity contribution in [1.29, 1.82) is 0 Å². The molecule has 4 N–H and O–H groups in total. The topological polar surface area (TPSA) is 92.0 Å². The van der Waals surface area contributed by atoms with Gasteiger partial charge < -0.3 is 15.8 Å². The summed E-state index contributed by atoms with van der Waals surface area (Å²) in [4.78, 5) is 17.2. The van der Waals surface area contributed by atoms with E-state index in [1.54, 1.807) is 0 Å². The first-order chi connectivity index (χ1) is 7.40. The molecule has 0 aliphatic rings. The number of imidazole rings is 1. The summed E-state index contributed by atoms with van der Waals surface area (Å²) in [6, 6.07) is 0. The number of aromatic nitrogens is 2. The number of aliphatic carboxylic acids is 1. The van der Waals surface area contributed by atoms with Gasteiger partial charge in [0.15, 0.2) is 5.54 Å². The van der Waals surface area contributed by atoms with Gasteiger partial charge in [-0.05, 0) is 6.42 Å². The molecule has 0 saturated carbocycles. The molecule has 16 heavy (non-hydrogen) atoms. The van der Waals surface area contributed by atoms with Crippen molar-refractivity contribution in [2.75, 3.05) is 0 Å². The van der Waals surface area contributed by atoms with E-state index in [0.29, 0.717) is 6.42 Å². The normalized spacial score (nSPS) is 15.1. The van der Waals surface area contributed by atoms with Crippen LogP contribution in [-0.4, -0.2) is 33.0 Å². The van der Waals surface area contributed by atoms with Crippen LogP contribution in [0.2, 0.25) is 0 Å². The number of aromatic amines is 1. The number of H-pyrrole nitrogens is 1. The molecule has 5 nitrogen and oxygen atoms in total. The van der Waals surface area contributed by atoms with Gasteiger partial charge in [0.1, 0.15) is 5.82 Å². The Balaban J connectivity index is 2.88. The maximum Gasteiger partial charge on any atom is 0.330 e. The van der Waals surface area contributed by atoms with Crippen LogP contribution in [0.3, 0.4) is 0 Å². The molecule has 7 heteroatoms. The van der Waals surface area contributed by atoms with E-state index in [0.717, 1.165) is 5.69 Å². The van der Waals surface area contributed by atoms with Gasteiger partial charge in [-0.25, -0.2) is 18.6 Å². The number of carboxylic acids is 1. The molecule has 1 aromatic rings. The fourth-order valence-corrected chi connectivity index (χ4v) is 1.20. The van der Waals surface area contributed by atoms with Crippen LogP contribution in [0.4, 0.5) is 8.78 Å². The van der Waals surface area contributed by atoms with Gasteiger partial charge in [-0.15, -0.1) is 0 Å². The SMILES string of the molecule is CCc1cnc(CC(N)(C(=O)O)C(F)F)[nH]1. The third kappa shape index (κ3) is 2.35. The maximum absolute atomic E-state index is 12.6. The molecule has 1 atom stereocenters. The van der Waals surface area contributed by atoms with Crippen LogP contribution in [0.25, 0.3) is 0 Å². The number of rotatable bonds is 5. The number of nitrogens with one attached hydrogen (secondary N) is 1. The summed E-state index contributed by atoms with van der Waals surface area (Å²) in [5, 5.41) is 8.68. The quantitative estimate of drug-likeness (QED) is 0.693. The minimum Gasteiger partial charge on any atom is -0.480 e. The molecule has 0 amide bonds. The van der Waals surface area contributed by atoms with Gasteiger partial charge in [0.05, 0.1) is 0 Å². The second-order valence-corrected chi connectivity index (χ2v) is 3.53. The molecule has 0 aliphatic carbocycles. The molecule has 1 heterocycles. The monoisotopic (exact) mass is 233 g/mol. The molecular weight excluding hydrogens is 220 g/mol. The molecule has 0 saturated heterocycles. The Hall–Kier alpha value is -1.50. The number of hydrogen-bond donors (Lipinski definition) is 3. The molecule has 0 fully saturated rings. The van der Waals surface area contributed by atoms with Crippen LogP contribution in [0.15, 0.2) is 6.20 Å². The number of halogens is 2. The first-order valence-corrected chi connectivity index (χ1v) is 4.73. The van der Waals surface area contributed by atoms with Gasteiger partial charge in [0.2, 0.25) is 0 Å². The number of nitrogens with two attached hydrogens (primary N) is 1. The van der Waals surface area contributed by atoms with E-state index in [-0.39, 0.29) is 5.82 Å². The van der Waals surface area contributed by atoms with Crippen LogP contribution < -0.4 is 5.73 Å². The molecule has 0 radical (unpaired) electrons. The highest BCUT2D eigenvalue weighted by molar-refractivity contribution is 5.79. The average Bonchev–Trinajstić information content (AvgIpc) is 2.64. The van der Waals surface area contributed by atoms with Gasteiger partial charge in [-0.1, -0.05) is 6.92 Å². The number of alkyl halides is 2. The van der Waals surface area contributed by atoms with Crippen molar-refractivity contribution in [1.82, 2.24) is 9.97 Å². The van der Waals surface area contributed by atoms with Gasteiger partial charge in [-0.2, -0.15) is 0 Å². The van der Waals surface area contributed by atoms with E-state index in [4.69, 9.17) is 10.8 Å². The summed E-state index contributed by atoms with van der Waals surface area (Å²) in [6.07, 6.45) is -1.55. The Morgan fingerprint density at radius 3 is 2.75 bits per heavy atom. The van der Waals surface area contributed by atoms with Crippen molar-refractivity contribution in [2.24, 2.45) is 5.73 Å². The maximum atomic E-state index is 12.6. The van der Waals surface area contributed by atoms with Gasteiger partial charge in [0.25, 0.3) is 6.43 Å². The first-order valence-electron chi connectivity index (χ1n) is 4.73. The Bertz CT molecular complexity index is 381. The summed E-state index contributed by atoms with van der Waals surface area (Å²) in [6.45, 7) is 1.86. The second-order valence-electron chi connectivity index (χ2n) is 3.53. The molecule has 1 unspecified atom stereocenters. The van der Waals surface area contributed by atoms with Gasteiger partial charge in [-0.3, -0.25) is 0 Å².